The molecule has 6 rings (SSSR count). The van der Waals surface area contributed by atoms with Gasteiger partial charge >= 0.3 is 5.63 Å². The first-order valence-corrected chi connectivity index (χ1v) is 11.7. The lowest BCUT2D eigenvalue weighted by Gasteiger charge is -2.42. The summed E-state index contributed by atoms with van der Waals surface area (Å²) in [7, 11) is 0. The second kappa shape index (κ2) is 7.45. The summed E-state index contributed by atoms with van der Waals surface area (Å²) < 4.78 is 13.3. The quantitative estimate of drug-likeness (QED) is 0.427. The van der Waals surface area contributed by atoms with Crippen LogP contribution in [0.3, 0.4) is 0 Å². The molecule has 2 aliphatic rings. The largest absolute Gasteiger partial charge is 0.461 e. The SMILES string of the molecule is Cc1oc2cc3oc(=O)c(CC(=O)N4C[C@@H]5C[C@@H](C4)c4cccc(=O)n4C5)c(C)c3cc2c1C. The van der Waals surface area contributed by atoms with Crippen LogP contribution in [-0.2, 0) is 17.8 Å². The van der Waals surface area contributed by atoms with Crippen LogP contribution in [0.5, 0.6) is 0 Å². The van der Waals surface area contributed by atoms with Crippen molar-refractivity contribution in [3.05, 3.63) is 79.3 Å². The van der Waals surface area contributed by atoms with E-state index in [4.69, 9.17) is 8.83 Å². The molecule has 1 aromatic carbocycles. The number of amides is 1. The molecule has 4 aromatic rings. The van der Waals surface area contributed by atoms with Crippen LogP contribution in [0, 0.1) is 26.7 Å². The molecule has 0 aliphatic carbocycles. The zero-order chi connectivity index (χ0) is 23.7. The van der Waals surface area contributed by atoms with Crippen molar-refractivity contribution < 1.29 is 13.6 Å². The van der Waals surface area contributed by atoms with Crippen molar-refractivity contribution in [2.75, 3.05) is 13.1 Å². The topological polar surface area (TPSA) is 85.7 Å². The van der Waals surface area contributed by atoms with Gasteiger partial charge in [0, 0.05) is 54.2 Å². The first-order valence-electron chi connectivity index (χ1n) is 11.7. The molecule has 1 saturated heterocycles. The summed E-state index contributed by atoms with van der Waals surface area (Å²) in [5.41, 5.74) is 3.93. The maximum Gasteiger partial charge on any atom is 0.340 e. The molecule has 7 nitrogen and oxygen atoms in total. The Morgan fingerprint density at radius 3 is 2.56 bits per heavy atom. The Kier molecular flexibility index (Phi) is 4.59. The Bertz CT molecular complexity index is 1610. The molecule has 0 N–H and O–H groups in total. The van der Waals surface area contributed by atoms with Crippen molar-refractivity contribution in [3.8, 4) is 0 Å². The van der Waals surface area contributed by atoms with Crippen LogP contribution in [0.4, 0.5) is 0 Å². The Hall–Kier alpha value is -3.61. The fourth-order valence-electron chi connectivity index (χ4n) is 5.79. The van der Waals surface area contributed by atoms with E-state index in [1.165, 1.54) is 0 Å². The monoisotopic (exact) mass is 458 g/mol. The number of aryl methyl sites for hydroxylation is 3. The van der Waals surface area contributed by atoms with Gasteiger partial charge in [-0.15, -0.1) is 0 Å². The highest BCUT2D eigenvalue weighted by Gasteiger charge is 2.36. The van der Waals surface area contributed by atoms with Gasteiger partial charge in [0.2, 0.25) is 5.91 Å². The van der Waals surface area contributed by atoms with Crippen molar-refractivity contribution >= 4 is 27.8 Å². The van der Waals surface area contributed by atoms with Crippen LogP contribution in [0.2, 0.25) is 0 Å². The average Bonchev–Trinajstić information content (AvgIpc) is 3.08. The van der Waals surface area contributed by atoms with Gasteiger partial charge < -0.3 is 18.3 Å². The molecule has 34 heavy (non-hydrogen) atoms. The highest BCUT2D eigenvalue weighted by atomic mass is 16.4. The first kappa shape index (κ1) is 21.0. The van der Waals surface area contributed by atoms with Crippen LogP contribution >= 0.6 is 0 Å². The van der Waals surface area contributed by atoms with E-state index in [2.05, 4.69) is 0 Å². The molecule has 0 spiro atoms. The van der Waals surface area contributed by atoms with Gasteiger partial charge in [0.15, 0.2) is 0 Å². The van der Waals surface area contributed by atoms with Crippen molar-refractivity contribution in [3.63, 3.8) is 0 Å². The Morgan fingerprint density at radius 2 is 1.74 bits per heavy atom. The normalized spacial score (nSPS) is 19.6. The molecule has 1 fully saturated rings. The van der Waals surface area contributed by atoms with E-state index in [9.17, 15) is 14.4 Å². The molecule has 0 saturated carbocycles. The second-order valence-electron chi connectivity index (χ2n) is 9.79. The maximum absolute atomic E-state index is 13.3. The summed E-state index contributed by atoms with van der Waals surface area (Å²) in [5, 5.41) is 1.81. The number of aromatic nitrogens is 1. The van der Waals surface area contributed by atoms with E-state index in [0.717, 1.165) is 39.8 Å². The maximum atomic E-state index is 13.3. The van der Waals surface area contributed by atoms with Crippen molar-refractivity contribution in [2.45, 2.75) is 46.1 Å². The van der Waals surface area contributed by atoms with Crippen molar-refractivity contribution in [1.82, 2.24) is 9.47 Å². The number of likely N-dealkylation sites (tertiary alicyclic amines) is 1. The van der Waals surface area contributed by atoms with Crippen molar-refractivity contribution in [1.29, 1.82) is 0 Å². The fourth-order valence-corrected chi connectivity index (χ4v) is 5.79. The molecule has 1 amide bonds. The third-order valence-corrected chi connectivity index (χ3v) is 7.74. The van der Waals surface area contributed by atoms with E-state index in [1.54, 1.807) is 18.2 Å². The lowest BCUT2D eigenvalue weighted by Crippen LogP contribution is -2.49. The fraction of sp³-hybridized carbons (Fsp3) is 0.370. The Morgan fingerprint density at radius 1 is 0.971 bits per heavy atom. The van der Waals surface area contributed by atoms with Gasteiger partial charge in [-0.2, -0.15) is 0 Å². The van der Waals surface area contributed by atoms with Gasteiger partial charge in [-0.25, -0.2) is 4.79 Å². The molecule has 2 bridgehead atoms. The van der Waals surface area contributed by atoms with Gasteiger partial charge in [-0.3, -0.25) is 9.59 Å². The highest BCUT2D eigenvalue weighted by molar-refractivity contribution is 5.97. The molecule has 2 aliphatic heterocycles. The number of rotatable bonds is 2. The lowest BCUT2D eigenvalue weighted by molar-refractivity contribution is -0.133. The van der Waals surface area contributed by atoms with Crippen LogP contribution in [0.25, 0.3) is 21.9 Å². The molecule has 174 valence electrons. The zero-order valence-electron chi connectivity index (χ0n) is 19.5. The summed E-state index contributed by atoms with van der Waals surface area (Å²) in [4.78, 5) is 40.3. The van der Waals surface area contributed by atoms with Gasteiger partial charge in [0.1, 0.15) is 16.9 Å². The van der Waals surface area contributed by atoms with Gasteiger partial charge in [-0.05, 0) is 56.4 Å². The van der Waals surface area contributed by atoms with E-state index in [1.807, 2.05) is 42.4 Å². The number of hydrogen-bond acceptors (Lipinski definition) is 5. The standard InChI is InChI=1S/C27H26N2O5/c1-14-16(3)33-23-10-24-20(8-19(14)23)15(2)21(27(32)34-24)9-26(31)28-11-17-7-18(13-28)22-5-4-6-25(30)29(22)12-17/h4-6,8,10,17-18H,7,9,11-13H2,1-3H3/t17-,18-/m0/s1. The molecule has 0 radical (unpaired) electrons. The summed E-state index contributed by atoms with van der Waals surface area (Å²) in [5.74, 6) is 1.14. The Labute approximate surface area is 195 Å². The summed E-state index contributed by atoms with van der Waals surface area (Å²) in [6.07, 6.45) is 0.983. The number of carbonyl (C=O) groups is 1. The number of carbonyl (C=O) groups excluding carboxylic acids is 1. The van der Waals surface area contributed by atoms with Crippen LogP contribution in [-0.4, -0.2) is 28.5 Å². The summed E-state index contributed by atoms with van der Waals surface area (Å²) in [6.45, 7) is 7.59. The highest BCUT2D eigenvalue weighted by Crippen LogP contribution is 2.35. The van der Waals surface area contributed by atoms with Crippen LogP contribution in [0.15, 0.2) is 48.8 Å². The molecule has 0 unspecified atom stereocenters. The van der Waals surface area contributed by atoms with Crippen LogP contribution in [0.1, 0.15) is 40.5 Å². The minimum absolute atomic E-state index is 0.00652. The number of fused-ring (bicyclic) bond motifs is 6. The minimum atomic E-state index is -0.480. The summed E-state index contributed by atoms with van der Waals surface area (Å²) >= 11 is 0. The molecular weight excluding hydrogens is 432 g/mol. The second-order valence-corrected chi connectivity index (χ2v) is 9.79. The van der Waals surface area contributed by atoms with E-state index >= 15 is 0 Å². The van der Waals surface area contributed by atoms with Crippen molar-refractivity contribution in [2.24, 2.45) is 5.92 Å². The van der Waals surface area contributed by atoms with Gasteiger partial charge in [0.25, 0.3) is 5.56 Å². The predicted molar refractivity (Wildman–Crippen MR) is 128 cm³/mol. The predicted octanol–water partition coefficient (Wildman–Crippen LogP) is 3.81. The third kappa shape index (κ3) is 3.14. The molecule has 3 aromatic heterocycles. The number of pyridine rings is 1. The van der Waals surface area contributed by atoms with Gasteiger partial charge in [0.05, 0.1) is 12.0 Å². The molecular formula is C27H26N2O5. The van der Waals surface area contributed by atoms with E-state index in [-0.39, 0.29) is 29.7 Å². The van der Waals surface area contributed by atoms with Crippen LogP contribution < -0.4 is 11.2 Å². The average molecular weight is 459 g/mol. The van der Waals surface area contributed by atoms with E-state index < -0.39 is 5.63 Å². The zero-order valence-corrected chi connectivity index (χ0v) is 19.5. The lowest BCUT2D eigenvalue weighted by atomic mass is 9.83. The number of hydrogen-bond donors (Lipinski definition) is 0. The smallest absolute Gasteiger partial charge is 0.340 e. The first-order chi connectivity index (χ1) is 16.3. The van der Waals surface area contributed by atoms with E-state index in [0.29, 0.717) is 36.4 Å². The molecule has 7 heteroatoms. The molecule has 5 heterocycles. The van der Waals surface area contributed by atoms with Gasteiger partial charge in [-0.1, -0.05) is 6.07 Å². The number of furan rings is 1. The number of nitrogens with zero attached hydrogens (tertiary/aromatic N) is 2. The third-order valence-electron chi connectivity index (χ3n) is 7.74. The number of benzene rings is 1. The number of piperidine rings is 1. The minimum Gasteiger partial charge on any atom is -0.461 e. The summed E-state index contributed by atoms with van der Waals surface area (Å²) in [6, 6.07) is 9.12. The molecule has 2 atom stereocenters. The Balaban J connectivity index is 1.33.